The van der Waals surface area contributed by atoms with E-state index in [9.17, 15) is 9.59 Å². The number of ketones is 1. The highest BCUT2D eigenvalue weighted by atomic mass is 32.1. The third-order valence-electron chi connectivity index (χ3n) is 17.5. The van der Waals surface area contributed by atoms with Crippen molar-refractivity contribution < 1.29 is 14.3 Å². The van der Waals surface area contributed by atoms with Crippen molar-refractivity contribution in [2.45, 2.75) is 198 Å². The average molecular weight is 1330 g/mol. The van der Waals surface area contributed by atoms with Crippen molar-refractivity contribution in [3.8, 4) is 22.8 Å². The Morgan fingerprint density at radius 3 is 1.21 bits per heavy atom. The normalized spacial score (nSPS) is 12.4. The van der Waals surface area contributed by atoms with Crippen molar-refractivity contribution in [3.05, 3.63) is 303 Å². The second kappa shape index (κ2) is 43.6. The zero-order chi connectivity index (χ0) is 67.9. The van der Waals surface area contributed by atoms with E-state index >= 15 is 0 Å². The third-order valence-corrected chi connectivity index (χ3v) is 18.1. The van der Waals surface area contributed by atoms with Gasteiger partial charge in [0.1, 0.15) is 11.5 Å². The van der Waals surface area contributed by atoms with Gasteiger partial charge in [-0.3, -0.25) is 9.59 Å². The molecule has 0 atom stereocenters. The molecule has 520 valence electrons. The van der Waals surface area contributed by atoms with E-state index in [0.29, 0.717) is 41.1 Å². The second-order valence-electron chi connectivity index (χ2n) is 26.8. The summed E-state index contributed by atoms with van der Waals surface area (Å²) in [6, 6.07) is 79.6. The number of hydrogen-bond donors (Lipinski definition) is 1. The summed E-state index contributed by atoms with van der Waals surface area (Å²) < 4.78 is 5.71. The van der Waals surface area contributed by atoms with Gasteiger partial charge in [0.2, 0.25) is 0 Å². The van der Waals surface area contributed by atoms with E-state index in [2.05, 4.69) is 189 Å². The Kier molecular flexibility index (Phi) is 36.4. The van der Waals surface area contributed by atoms with Crippen LogP contribution in [0.5, 0.6) is 11.5 Å². The molecule has 12 rings (SSSR count). The van der Waals surface area contributed by atoms with Gasteiger partial charge in [0.15, 0.2) is 5.78 Å². The fourth-order valence-corrected chi connectivity index (χ4v) is 11.8. The molecule has 0 unspecified atom stereocenters. The van der Waals surface area contributed by atoms with E-state index < -0.39 is 0 Å². The number of nitrogens with one attached hydrogen (secondary N) is 1. The molecule has 1 saturated carbocycles. The first kappa shape index (κ1) is 81.8. The smallest absolute Gasteiger partial charge is 0.255 e. The Balaban J connectivity index is 0.000000249. The fraction of sp³-hybridized carbons (Fsp3) is 0.352. The lowest BCUT2D eigenvalue weighted by Crippen LogP contribution is -2.29. The number of anilines is 2. The number of carbonyl (C=O) groups excluding carboxylic acids is 2. The van der Waals surface area contributed by atoms with Crippen LogP contribution in [0, 0.1) is 0 Å². The van der Waals surface area contributed by atoms with Gasteiger partial charge in [0.25, 0.3) is 5.91 Å². The van der Waals surface area contributed by atoms with Crippen molar-refractivity contribution in [3.63, 3.8) is 0 Å². The van der Waals surface area contributed by atoms with Crippen LogP contribution in [-0.4, -0.2) is 29.8 Å². The molecular weight excluding hydrogens is 1220 g/mol. The summed E-state index contributed by atoms with van der Waals surface area (Å²) in [7, 11) is 0. The number of nitrogens with zero attached hydrogens (tertiary/aromatic N) is 2. The molecule has 0 spiro atoms. The maximum atomic E-state index is 12.1. The number of rotatable bonds is 15. The largest absolute Gasteiger partial charge is 0.457 e. The molecule has 1 aliphatic carbocycles. The van der Waals surface area contributed by atoms with E-state index in [0.717, 1.165) is 39.9 Å². The molecule has 6 nitrogen and oxygen atoms in total. The lowest BCUT2D eigenvalue weighted by molar-refractivity contribution is 0.102. The number of benzene rings is 9. The number of aromatic nitrogens is 1. The quantitative estimate of drug-likeness (QED) is 0.104. The predicted molar refractivity (Wildman–Crippen MR) is 427 cm³/mol. The van der Waals surface area contributed by atoms with Crippen LogP contribution in [0.25, 0.3) is 11.3 Å². The zero-order valence-electron chi connectivity index (χ0n) is 58.8. The summed E-state index contributed by atoms with van der Waals surface area (Å²) in [5.41, 5.74) is 18.3. The van der Waals surface area contributed by atoms with Gasteiger partial charge in [-0.05, 0) is 173 Å². The number of hydrogen-bond acceptors (Lipinski definition) is 6. The predicted octanol–water partition coefficient (Wildman–Crippen LogP) is 27.2. The first-order valence-electron chi connectivity index (χ1n) is 34.8. The van der Waals surface area contributed by atoms with E-state index in [4.69, 9.17) is 4.74 Å². The van der Waals surface area contributed by atoms with Crippen LogP contribution in [0.15, 0.2) is 247 Å². The number of piperidine rings is 1. The van der Waals surface area contributed by atoms with E-state index in [1.54, 1.807) is 29.0 Å². The molecule has 1 saturated heterocycles. The van der Waals surface area contributed by atoms with Crippen molar-refractivity contribution >= 4 is 34.4 Å². The van der Waals surface area contributed by atoms with Crippen LogP contribution in [0.2, 0.25) is 0 Å². The van der Waals surface area contributed by atoms with Crippen LogP contribution in [0.1, 0.15) is 263 Å². The average Bonchev–Trinajstić information content (AvgIpc) is 1.27. The van der Waals surface area contributed by atoms with Crippen LogP contribution in [0.4, 0.5) is 11.4 Å². The summed E-state index contributed by atoms with van der Waals surface area (Å²) in [6.07, 6.45) is 11.2. The monoisotopic (exact) mass is 1330 g/mol. The van der Waals surface area contributed by atoms with Crippen molar-refractivity contribution in [1.29, 1.82) is 0 Å². The van der Waals surface area contributed by atoms with Gasteiger partial charge in [0, 0.05) is 52.1 Å². The molecule has 2 aliphatic rings. The summed E-state index contributed by atoms with van der Waals surface area (Å²) in [5.74, 6) is 6.07. The Morgan fingerprint density at radius 1 is 0.408 bits per heavy atom. The molecule has 0 radical (unpaired) electrons. The summed E-state index contributed by atoms with van der Waals surface area (Å²) >= 11 is 1.63. The molecule has 98 heavy (non-hydrogen) atoms. The SMILES string of the molecule is C.C.C.CC(C)c1ccc(-c2cscn2)cc1.CC(C)c1ccc(C(=O)c2ccccc2)cc1.CC(C)c1ccc(C2CCCCC2)cc1.CC(C)c1ccc(N2CCCCC2)cc1.CC(C)c1ccc(NC(=O)c2ccccc2)cc1.CC(C)c1ccc(Oc2ccccc2)cc1. The zero-order valence-corrected chi connectivity index (χ0v) is 59.6. The number of amides is 1. The Labute approximate surface area is 597 Å². The van der Waals surface area contributed by atoms with Gasteiger partial charge < -0.3 is 15.0 Å². The summed E-state index contributed by atoms with van der Waals surface area (Å²) in [4.78, 5) is 30.8. The van der Waals surface area contributed by atoms with E-state index in [-0.39, 0.29) is 34.0 Å². The Bertz CT molecular complexity index is 3640. The number of ether oxygens (including phenoxy) is 1. The molecule has 9 aromatic carbocycles. The summed E-state index contributed by atoms with van der Waals surface area (Å²) in [6.45, 7) is 28.9. The maximum Gasteiger partial charge on any atom is 0.255 e. The van der Waals surface area contributed by atoms with Gasteiger partial charge in [0.05, 0.1) is 11.2 Å². The molecule has 1 N–H and O–H groups in total. The molecule has 1 aromatic heterocycles. The van der Waals surface area contributed by atoms with Gasteiger partial charge in [-0.15, -0.1) is 11.3 Å². The van der Waals surface area contributed by atoms with Crippen LogP contribution < -0.4 is 15.0 Å². The van der Waals surface area contributed by atoms with E-state index in [1.807, 2.05) is 145 Å². The number of thiazole rings is 1. The van der Waals surface area contributed by atoms with E-state index in [1.165, 1.54) is 109 Å². The molecule has 7 heteroatoms. The second-order valence-corrected chi connectivity index (χ2v) is 27.5. The first-order chi connectivity index (χ1) is 45.9. The van der Waals surface area contributed by atoms with Crippen molar-refractivity contribution in [1.82, 2.24) is 4.98 Å². The molecule has 2 heterocycles. The highest BCUT2D eigenvalue weighted by Gasteiger charge is 2.16. The van der Waals surface area contributed by atoms with Gasteiger partial charge >= 0.3 is 0 Å². The lowest BCUT2D eigenvalue weighted by Gasteiger charge is -2.29. The van der Waals surface area contributed by atoms with Gasteiger partial charge in [-0.1, -0.05) is 301 Å². The first-order valence-corrected chi connectivity index (χ1v) is 35.8. The highest BCUT2D eigenvalue weighted by Crippen LogP contribution is 2.34. The van der Waals surface area contributed by atoms with Crippen LogP contribution in [-0.2, 0) is 0 Å². The minimum absolute atomic E-state index is 0. The third kappa shape index (κ3) is 27.3. The van der Waals surface area contributed by atoms with Crippen LogP contribution >= 0.6 is 11.3 Å². The fourth-order valence-electron chi connectivity index (χ4n) is 11.3. The van der Waals surface area contributed by atoms with Gasteiger partial charge in [-0.25, -0.2) is 4.98 Å². The molecule has 1 amide bonds. The number of para-hydroxylation sites is 1. The van der Waals surface area contributed by atoms with Crippen molar-refractivity contribution in [2.24, 2.45) is 0 Å². The minimum Gasteiger partial charge on any atom is -0.457 e. The number of carbonyl (C=O) groups is 2. The highest BCUT2D eigenvalue weighted by molar-refractivity contribution is 7.07. The molecule has 0 bridgehead atoms. The van der Waals surface area contributed by atoms with Crippen LogP contribution in [0.3, 0.4) is 0 Å². The molecule has 2 fully saturated rings. The minimum atomic E-state index is -0.0760. The van der Waals surface area contributed by atoms with Crippen molar-refractivity contribution in [2.75, 3.05) is 23.3 Å². The lowest BCUT2D eigenvalue weighted by atomic mass is 9.83. The Hall–Kier alpha value is -8.65. The molecule has 10 aromatic rings. The molecular formula is C91H117N3O3S. The van der Waals surface area contributed by atoms with Gasteiger partial charge in [-0.2, -0.15) is 0 Å². The maximum absolute atomic E-state index is 12.1. The summed E-state index contributed by atoms with van der Waals surface area (Å²) in [5, 5.41) is 4.96. The standard InChI is InChI=1S/C16H17NO.C16H16O.C15H16O.C15H22.C14H21N.C12H13NS.3CH4/c1-12(2)13-8-10-15(11-9-13)17-16(18)14-6-4-3-5-7-14;1-12(2)13-8-10-15(11-9-13)16(17)14-6-4-3-5-7-14;1-12(2)13-8-10-15(11-9-13)16-14-6-4-3-5-7-14;1-12(2)13-8-10-15(11-9-13)14-6-4-3-5-7-14;1-12(2)13-6-8-14(9-7-13)15-10-4-3-5-11-15;1-9(2)10-3-5-11(6-4-10)12-7-14-8-13-12;;;/h3-12H,1-2H3,(H,17,18);3-12H,1-2H3;3-12H,1-2H3;8-12,14H,3-7H2,1-2H3;6-9,12H,3-5,10-11H2,1-2H3;3-9H,1-2H3;3*1H4. The molecule has 1 aliphatic heterocycles. The Morgan fingerprint density at radius 2 is 0.776 bits per heavy atom. The topological polar surface area (TPSA) is 71.5 Å².